The quantitative estimate of drug-likeness (QED) is 0.480. The number of nitrogens with two attached hydrogens (primary N) is 2. The number of carbonyl (C=O) groups is 1. The van der Waals surface area contributed by atoms with E-state index in [1.807, 2.05) is 19.1 Å². The maximum Gasteiger partial charge on any atom is 0.256 e. The molecule has 4 rings (SSSR count). The normalized spacial score (nSPS) is 18.8. The summed E-state index contributed by atoms with van der Waals surface area (Å²) in [5, 5.41) is 3.36. The highest BCUT2D eigenvalue weighted by Crippen LogP contribution is 2.20. The average Bonchev–Trinajstić information content (AvgIpc) is 2.78. The zero-order chi connectivity index (χ0) is 24.4. The van der Waals surface area contributed by atoms with E-state index in [2.05, 4.69) is 46.2 Å². The molecular formula is C24H31N7O3. The summed E-state index contributed by atoms with van der Waals surface area (Å²) >= 11 is 0. The minimum absolute atomic E-state index is 0.00515. The summed E-state index contributed by atoms with van der Waals surface area (Å²) in [6.45, 7) is 9.38. The van der Waals surface area contributed by atoms with E-state index in [4.69, 9.17) is 16.2 Å². The Kier molecular flexibility index (Phi) is 6.80. The maximum atomic E-state index is 12.7. The number of carbonyl (C=O) groups excluding carboxylic acids is 1. The molecule has 34 heavy (non-hydrogen) atoms. The van der Waals surface area contributed by atoms with Crippen LogP contribution in [0, 0.1) is 0 Å². The Hall–Kier alpha value is -3.50. The summed E-state index contributed by atoms with van der Waals surface area (Å²) in [4.78, 5) is 35.6. The van der Waals surface area contributed by atoms with Gasteiger partial charge < -0.3 is 26.1 Å². The van der Waals surface area contributed by atoms with Crippen molar-refractivity contribution in [3.05, 3.63) is 51.8 Å². The van der Waals surface area contributed by atoms with Crippen LogP contribution in [-0.4, -0.2) is 57.2 Å². The van der Waals surface area contributed by atoms with Crippen LogP contribution in [-0.2, 0) is 17.7 Å². The zero-order valence-corrected chi connectivity index (χ0v) is 19.7. The van der Waals surface area contributed by atoms with Crippen molar-refractivity contribution in [3.63, 3.8) is 0 Å². The molecule has 3 aromatic rings. The Bertz CT molecular complexity index is 1250. The van der Waals surface area contributed by atoms with Gasteiger partial charge in [-0.25, -0.2) is 4.98 Å². The first kappa shape index (κ1) is 23.7. The van der Waals surface area contributed by atoms with Crippen molar-refractivity contribution in [2.45, 2.75) is 45.9 Å². The maximum absolute atomic E-state index is 12.7. The second-order valence-corrected chi connectivity index (χ2v) is 8.72. The number of pyridine rings is 1. The van der Waals surface area contributed by atoms with Crippen LogP contribution in [0.1, 0.15) is 36.7 Å². The lowest BCUT2D eigenvalue weighted by Gasteiger charge is -2.35. The molecule has 0 bridgehead atoms. The van der Waals surface area contributed by atoms with Crippen molar-refractivity contribution in [2.24, 2.45) is 5.73 Å². The molecule has 0 unspecified atom stereocenters. The molecule has 1 aromatic carbocycles. The molecule has 0 saturated carbocycles. The Morgan fingerprint density at radius 1 is 1.21 bits per heavy atom. The Balaban J connectivity index is 1.50. The topological polar surface area (TPSA) is 141 Å². The summed E-state index contributed by atoms with van der Waals surface area (Å²) in [7, 11) is 0. The molecule has 0 radical (unpaired) electrons. The molecule has 0 spiro atoms. The zero-order valence-electron chi connectivity index (χ0n) is 19.7. The molecule has 2 aromatic heterocycles. The number of anilines is 3. The number of aryl methyl sites for hydroxylation is 1. The first-order valence-electron chi connectivity index (χ1n) is 11.5. The smallest absolute Gasteiger partial charge is 0.256 e. The lowest BCUT2D eigenvalue weighted by atomic mass is 10.1. The second kappa shape index (κ2) is 9.78. The number of nitrogens with zero attached hydrogens (tertiary/aromatic N) is 4. The predicted octanol–water partition coefficient (Wildman–Crippen LogP) is 1.89. The van der Waals surface area contributed by atoms with Crippen LogP contribution in [0.25, 0.3) is 11.0 Å². The van der Waals surface area contributed by atoms with Gasteiger partial charge in [-0.2, -0.15) is 4.98 Å². The standard InChI is InChI=1S/C24H31N7O3/c1-4-31-21(25)19(22(26)33)20(32)18-11-27-24(29-23(18)31)28-17-7-5-16(6-8-17)9-10-30-12-14(2)34-15(3)13-30/h5-8,11,14-15H,4,9-10,12-13,25H2,1-3H3,(H2,26,33)(H,27,28,29)/t14-,15+. The van der Waals surface area contributed by atoms with E-state index in [9.17, 15) is 9.59 Å². The molecule has 1 saturated heterocycles. The van der Waals surface area contributed by atoms with E-state index in [-0.39, 0.29) is 29.0 Å². The predicted molar refractivity (Wildman–Crippen MR) is 132 cm³/mol. The van der Waals surface area contributed by atoms with E-state index in [1.54, 1.807) is 4.57 Å². The Morgan fingerprint density at radius 2 is 1.88 bits per heavy atom. The summed E-state index contributed by atoms with van der Waals surface area (Å²) in [5.74, 6) is -0.540. The van der Waals surface area contributed by atoms with Gasteiger partial charge in [0.15, 0.2) is 5.65 Å². The van der Waals surface area contributed by atoms with E-state index in [1.165, 1.54) is 11.8 Å². The molecule has 1 aliphatic heterocycles. The molecule has 10 nitrogen and oxygen atoms in total. The van der Waals surface area contributed by atoms with Gasteiger partial charge in [-0.05, 0) is 44.9 Å². The molecule has 1 amide bonds. The molecular weight excluding hydrogens is 434 g/mol. The molecule has 3 heterocycles. The summed E-state index contributed by atoms with van der Waals surface area (Å²) in [6.07, 6.45) is 2.87. The van der Waals surface area contributed by atoms with E-state index in [0.29, 0.717) is 18.1 Å². The van der Waals surface area contributed by atoms with Crippen molar-refractivity contribution < 1.29 is 9.53 Å². The number of nitrogens with one attached hydrogen (secondary N) is 1. The number of hydrogen-bond acceptors (Lipinski definition) is 8. The third-order valence-electron chi connectivity index (χ3n) is 6.03. The van der Waals surface area contributed by atoms with Crippen LogP contribution in [0.4, 0.5) is 17.5 Å². The van der Waals surface area contributed by atoms with Crippen molar-refractivity contribution >= 4 is 34.4 Å². The molecule has 0 aliphatic carbocycles. The molecule has 1 aliphatic rings. The highest BCUT2D eigenvalue weighted by molar-refractivity contribution is 6.00. The van der Waals surface area contributed by atoms with E-state index < -0.39 is 11.3 Å². The number of hydrogen-bond donors (Lipinski definition) is 3. The van der Waals surface area contributed by atoms with Crippen LogP contribution >= 0.6 is 0 Å². The number of primary amides is 1. The highest BCUT2D eigenvalue weighted by Gasteiger charge is 2.22. The fraction of sp³-hybridized carbons (Fsp3) is 0.417. The summed E-state index contributed by atoms with van der Waals surface area (Å²) in [5.41, 5.74) is 13.0. The van der Waals surface area contributed by atoms with Crippen LogP contribution in [0.5, 0.6) is 0 Å². The van der Waals surface area contributed by atoms with Gasteiger partial charge in [-0.15, -0.1) is 0 Å². The SMILES string of the molecule is CCn1c(N)c(C(N)=O)c(=O)c2cnc(Nc3ccc(CCN4C[C@@H](C)O[C@@H](C)C4)cc3)nc21. The van der Waals surface area contributed by atoms with Crippen molar-refractivity contribution in [3.8, 4) is 0 Å². The van der Waals surface area contributed by atoms with Crippen molar-refractivity contribution in [1.29, 1.82) is 0 Å². The minimum atomic E-state index is -0.869. The van der Waals surface area contributed by atoms with Gasteiger partial charge in [0.1, 0.15) is 11.4 Å². The van der Waals surface area contributed by atoms with Gasteiger partial charge >= 0.3 is 0 Å². The molecule has 180 valence electrons. The molecule has 10 heteroatoms. The number of amides is 1. The van der Waals surface area contributed by atoms with Crippen LogP contribution in [0.15, 0.2) is 35.3 Å². The Labute approximate surface area is 197 Å². The number of fused-ring (bicyclic) bond motifs is 1. The van der Waals surface area contributed by atoms with Gasteiger partial charge in [0, 0.05) is 38.1 Å². The average molecular weight is 466 g/mol. The monoisotopic (exact) mass is 465 g/mol. The summed E-state index contributed by atoms with van der Waals surface area (Å²) < 4.78 is 7.39. The number of benzene rings is 1. The lowest BCUT2D eigenvalue weighted by Crippen LogP contribution is -2.46. The van der Waals surface area contributed by atoms with Gasteiger partial charge in [0.05, 0.1) is 17.6 Å². The van der Waals surface area contributed by atoms with Crippen molar-refractivity contribution in [1.82, 2.24) is 19.4 Å². The summed E-state index contributed by atoms with van der Waals surface area (Å²) in [6, 6.07) is 8.11. The largest absolute Gasteiger partial charge is 0.384 e. The van der Waals surface area contributed by atoms with Crippen molar-refractivity contribution in [2.75, 3.05) is 30.7 Å². The number of aromatic nitrogens is 3. The number of morpholine rings is 1. The molecule has 2 atom stereocenters. The fourth-order valence-electron chi connectivity index (χ4n) is 4.50. The molecule has 1 fully saturated rings. The minimum Gasteiger partial charge on any atom is -0.384 e. The van der Waals surface area contributed by atoms with Crippen LogP contribution in [0.3, 0.4) is 0 Å². The first-order valence-corrected chi connectivity index (χ1v) is 11.5. The third-order valence-corrected chi connectivity index (χ3v) is 6.03. The van der Waals surface area contributed by atoms with Gasteiger partial charge in [-0.3, -0.25) is 14.5 Å². The van der Waals surface area contributed by atoms with Gasteiger partial charge in [0.2, 0.25) is 11.4 Å². The first-order chi connectivity index (χ1) is 16.3. The fourth-order valence-corrected chi connectivity index (χ4v) is 4.50. The third kappa shape index (κ3) is 4.87. The number of nitrogen functional groups attached to an aromatic ring is 1. The highest BCUT2D eigenvalue weighted by atomic mass is 16.5. The lowest BCUT2D eigenvalue weighted by molar-refractivity contribution is -0.0675. The van der Waals surface area contributed by atoms with Crippen LogP contribution < -0.4 is 22.2 Å². The second-order valence-electron chi connectivity index (χ2n) is 8.72. The number of rotatable bonds is 7. The van der Waals surface area contributed by atoms with Gasteiger partial charge in [-0.1, -0.05) is 12.1 Å². The van der Waals surface area contributed by atoms with Crippen LogP contribution in [0.2, 0.25) is 0 Å². The Morgan fingerprint density at radius 3 is 2.50 bits per heavy atom. The number of ether oxygens (including phenoxy) is 1. The van der Waals surface area contributed by atoms with Gasteiger partial charge in [0.25, 0.3) is 5.91 Å². The van der Waals surface area contributed by atoms with E-state index >= 15 is 0 Å². The van der Waals surface area contributed by atoms with E-state index in [0.717, 1.165) is 31.7 Å². The molecule has 5 N–H and O–H groups in total.